The summed E-state index contributed by atoms with van der Waals surface area (Å²) in [5, 5.41) is 3.29. The van der Waals surface area contributed by atoms with Crippen molar-refractivity contribution in [1.82, 2.24) is 0 Å². The van der Waals surface area contributed by atoms with Crippen molar-refractivity contribution in [3.8, 4) is 0 Å². The Morgan fingerprint density at radius 2 is 1.66 bits per heavy atom. The predicted molar refractivity (Wildman–Crippen MR) is 131 cm³/mol. The van der Waals surface area contributed by atoms with E-state index in [4.69, 9.17) is 0 Å². The fourth-order valence-electron chi connectivity index (χ4n) is 5.24. The molecule has 0 aromatic heterocycles. The lowest BCUT2D eigenvalue weighted by molar-refractivity contribution is -0.138. The van der Waals surface area contributed by atoms with Crippen LogP contribution in [0.5, 0.6) is 0 Å². The van der Waals surface area contributed by atoms with E-state index in [1.165, 1.54) is 18.2 Å². The number of sulfonamides is 1. The molecule has 1 aliphatic carbocycles. The molecule has 1 heterocycles. The van der Waals surface area contributed by atoms with Gasteiger partial charge in [-0.05, 0) is 72.7 Å². The van der Waals surface area contributed by atoms with Crippen molar-refractivity contribution in [2.45, 2.75) is 43.3 Å². The standard InChI is InChI=1S/C27H25F3N2O2S/c1-16-7-5-8-17(2)25(16)32-35(33,34)18-13-14-24-22(15-18)19-10-6-11-20(19)26(31-24)21-9-3-4-12-23(21)27(28,29)30/h3-10,12-15,19-20,26,31-32H,11H2,1-2H3. The summed E-state index contributed by atoms with van der Waals surface area (Å²) < 4.78 is 70.4. The zero-order chi connectivity index (χ0) is 25.0. The molecule has 0 amide bonds. The molecule has 0 radical (unpaired) electrons. The van der Waals surface area contributed by atoms with Crippen LogP contribution in [-0.4, -0.2) is 8.42 Å². The van der Waals surface area contributed by atoms with E-state index in [1.807, 2.05) is 44.2 Å². The monoisotopic (exact) mass is 498 g/mol. The summed E-state index contributed by atoms with van der Waals surface area (Å²) in [6.45, 7) is 3.68. The predicted octanol–water partition coefficient (Wildman–Crippen LogP) is 6.95. The van der Waals surface area contributed by atoms with Gasteiger partial charge in [-0.25, -0.2) is 8.42 Å². The van der Waals surface area contributed by atoms with Crippen molar-refractivity contribution < 1.29 is 21.6 Å². The minimum atomic E-state index is -4.46. The van der Waals surface area contributed by atoms with Crippen LogP contribution in [0.25, 0.3) is 0 Å². The lowest BCUT2D eigenvalue weighted by atomic mass is 9.76. The molecule has 0 spiro atoms. The molecule has 0 fully saturated rings. The van der Waals surface area contributed by atoms with E-state index >= 15 is 0 Å². The number of nitrogens with one attached hydrogen (secondary N) is 2. The first kappa shape index (κ1) is 23.5. The Bertz CT molecular complexity index is 1410. The van der Waals surface area contributed by atoms with Gasteiger partial charge in [0.2, 0.25) is 0 Å². The molecule has 3 aromatic carbocycles. The van der Waals surface area contributed by atoms with Crippen molar-refractivity contribution in [1.29, 1.82) is 0 Å². The number of allylic oxidation sites excluding steroid dienone is 2. The number of alkyl halides is 3. The summed E-state index contributed by atoms with van der Waals surface area (Å²) in [7, 11) is -3.86. The number of rotatable bonds is 4. The first-order valence-electron chi connectivity index (χ1n) is 11.4. The number of halogens is 3. The topological polar surface area (TPSA) is 58.2 Å². The molecule has 2 N–H and O–H groups in total. The molecule has 4 nitrogen and oxygen atoms in total. The molecule has 182 valence electrons. The Labute approximate surface area is 202 Å². The van der Waals surface area contributed by atoms with E-state index in [1.54, 1.807) is 18.2 Å². The average Bonchev–Trinajstić information content (AvgIpc) is 3.30. The lowest BCUT2D eigenvalue weighted by Crippen LogP contribution is -2.31. The molecular weight excluding hydrogens is 473 g/mol. The second-order valence-electron chi connectivity index (χ2n) is 9.18. The van der Waals surface area contributed by atoms with Crippen LogP contribution in [0.4, 0.5) is 24.5 Å². The van der Waals surface area contributed by atoms with Crippen LogP contribution in [0, 0.1) is 19.8 Å². The fourth-order valence-corrected chi connectivity index (χ4v) is 6.48. The van der Waals surface area contributed by atoms with Crippen LogP contribution in [0.2, 0.25) is 0 Å². The third kappa shape index (κ3) is 4.20. The lowest BCUT2D eigenvalue weighted by Gasteiger charge is -2.38. The Morgan fingerprint density at radius 1 is 0.943 bits per heavy atom. The molecule has 0 saturated heterocycles. The van der Waals surface area contributed by atoms with Gasteiger partial charge in [0.15, 0.2) is 0 Å². The van der Waals surface area contributed by atoms with Crippen LogP contribution in [0.3, 0.4) is 0 Å². The van der Waals surface area contributed by atoms with Crippen LogP contribution in [0.1, 0.15) is 46.2 Å². The molecule has 35 heavy (non-hydrogen) atoms. The first-order valence-corrected chi connectivity index (χ1v) is 12.9. The highest BCUT2D eigenvalue weighted by Gasteiger charge is 2.42. The summed E-state index contributed by atoms with van der Waals surface area (Å²) >= 11 is 0. The van der Waals surface area contributed by atoms with Crippen molar-refractivity contribution in [2.24, 2.45) is 5.92 Å². The molecule has 3 atom stereocenters. The van der Waals surface area contributed by atoms with E-state index in [-0.39, 0.29) is 22.3 Å². The highest BCUT2D eigenvalue weighted by Crippen LogP contribution is 2.51. The average molecular weight is 499 g/mol. The molecular formula is C27H25F3N2O2S. The first-order chi connectivity index (χ1) is 16.6. The summed E-state index contributed by atoms with van der Waals surface area (Å²) in [4.78, 5) is 0.119. The number of benzene rings is 3. The van der Waals surface area contributed by atoms with Gasteiger partial charge in [0.25, 0.3) is 10.0 Å². The second kappa shape index (κ2) is 8.45. The third-order valence-electron chi connectivity index (χ3n) is 6.96. The van der Waals surface area contributed by atoms with Gasteiger partial charge < -0.3 is 5.32 Å². The normalized spacial score (nSPS) is 21.2. The largest absolute Gasteiger partial charge is 0.416 e. The summed E-state index contributed by atoms with van der Waals surface area (Å²) in [6.07, 6.45) is 0.0806. The van der Waals surface area contributed by atoms with E-state index in [0.29, 0.717) is 17.8 Å². The fraction of sp³-hybridized carbons (Fsp3) is 0.259. The maximum atomic E-state index is 13.7. The van der Waals surface area contributed by atoms with Gasteiger partial charge in [-0.2, -0.15) is 13.2 Å². The second-order valence-corrected chi connectivity index (χ2v) is 10.9. The van der Waals surface area contributed by atoms with Crippen LogP contribution >= 0.6 is 0 Å². The SMILES string of the molecule is Cc1cccc(C)c1NS(=O)(=O)c1ccc2c(c1)C1C=CCC1C(c1ccccc1C(F)(F)F)N2. The maximum absolute atomic E-state index is 13.7. The molecule has 3 aromatic rings. The quantitative estimate of drug-likeness (QED) is 0.383. The number of fused-ring (bicyclic) bond motifs is 3. The van der Waals surface area contributed by atoms with Gasteiger partial charge in [0.05, 0.1) is 22.2 Å². The zero-order valence-corrected chi connectivity index (χ0v) is 20.0. The van der Waals surface area contributed by atoms with Gasteiger partial charge in [-0.3, -0.25) is 4.72 Å². The number of hydrogen-bond donors (Lipinski definition) is 2. The Hall–Kier alpha value is -3.26. The van der Waals surface area contributed by atoms with Crippen molar-refractivity contribution in [2.75, 3.05) is 10.0 Å². The van der Waals surface area contributed by atoms with E-state index in [0.717, 1.165) is 22.8 Å². The number of hydrogen-bond acceptors (Lipinski definition) is 3. The van der Waals surface area contributed by atoms with Gasteiger partial charge in [-0.1, -0.05) is 48.6 Å². The molecule has 8 heteroatoms. The molecule has 0 saturated carbocycles. The Balaban J connectivity index is 1.53. The highest BCUT2D eigenvalue weighted by atomic mass is 32.2. The van der Waals surface area contributed by atoms with Crippen LogP contribution in [0.15, 0.2) is 77.7 Å². The summed E-state index contributed by atoms with van der Waals surface area (Å²) in [5.74, 6) is -0.344. The van der Waals surface area contributed by atoms with Gasteiger partial charge in [0, 0.05) is 11.6 Å². The third-order valence-corrected chi connectivity index (χ3v) is 8.31. The summed E-state index contributed by atoms with van der Waals surface area (Å²) in [5.41, 5.74) is 3.16. The number of para-hydroxylation sites is 1. The van der Waals surface area contributed by atoms with Crippen molar-refractivity contribution >= 4 is 21.4 Å². The molecule has 5 rings (SSSR count). The Morgan fingerprint density at radius 3 is 2.37 bits per heavy atom. The smallest absolute Gasteiger partial charge is 0.378 e. The maximum Gasteiger partial charge on any atom is 0.416 e. The van der Waals surface area contributed by atoms with Gasteiger partial charge >= 0.3 is 6.18 Å². The van der Waals surface area contributed by atoms with E-state index in [9.17, 15) is 21.6 Å². The molecule has 1 aliphatic heterocycles. The van der Waals surface area contributed by atoms with E-state index in [2.05, 4.69) is 10.0 Å². The molecule has 3 unspecified atom stereocenters. The minimum Gasteiger partial charge on any atom is -0.378 e. The van der Waals surface area contributed by atoms with Gasteiger partial charge in [-0.15, -0.1) is 0 Å². The van der Waals surface area contributed by atoms with Crippen molar-refractivity contribution in [3.05, 3.63) is 101 Å². The highest BCUT2D eigenvalue weighted by molar-refractivity contribution is 7.92. The van der Waals surface area contributed by atoms with Crippen LogP contribution < -0.4 is 10.0 Å². The van der Waals surface area contributed by atoms with Gasteiger partial charge in [0.1, 0.15) is 0 Å². The molecule has 2 aliphatic rings. The summed E-state index contributed by atoms with van der Waals surface area (Å²) in [6, 6.07) is 15.4. The number of aryl methyl sites for hydroxylation is 2. The Kier molecular flexibility index (Phi) is 5.67. The minimum absolute atomic E-state index is 0.119. The van der Waals surface area contributed by atoms with Crippen LogP contribution in [-0.2, 0) is 16.2 Å². The molecule has 0 bridgehead atoms. The zero-order valence-electron chi connectivity index (χ0n) is 19.2. The van der Waals surface area contributed by atoms with E-state index < -0.39 is 27.8 Å². The number of anilines is 2. The van der Waals surface area contributed by atoms with Crippen molar-refractivity contribution in [3.63, 3.8) is 0 Å².